The van der Waals surface area contributed by atoms with Crippen LogP contribution in [0.25, 0.3) is 0 Å². The number of rotatable bonds is 3. The Hall–Kier alpha value is -0.570. The van der Waals surface area contributed by atoms with Crippen LogP contribution >= 0.6 is 0 Å². The van der Waals surface area contributed by atoms with Crippen molar-refractivity contribution in [1.29, 1.82) is 0 Å². The maximum absolute atomic E-state index is 12.3. The summed E-state index contributed by atoms with van der Waals surface area (Å²) in [5, 5.41) is 3.45. The van der Waals surface area contributed by atoms with Crippen LogP contribution in [0, 0.1) is 0 Å². The Bertz CT molecular complexity index is 246. The van der Waals surface area contributed by atoms with Gasteiger partial charge in [0.05, 0.1) is 12.2 Å². The van der Waals surface area contributed by atoms with Crippen molar-refractivity contribution in [3.8, 4) is 0 Å². The zero-order valence-electron chi connectivity index (χ0n) is 9.88. The number of amides is 1. The molecule has 1 heterocycles. The highest BCUT2D eigenvalue weighted by Gasteiger charge is 2.48. The Morgan fingerprint density at radius 3 is 2.73 bits per heavy atom. The van der Waals surface area contributed by atoms with Gasteiger partial charge in [-0.1, -0.05) is 26.2 Å². The minimum atomic E-state index is -0.165. The van der Waals surface area contributed by atoms with E-state index in [2.05, 4.69) is 19.2 Å². The van der Waals surface area contributed by atoms with Crippen molar-refractivity contribution in [2.45, 2.75) is 64.0 Å². The molecule has 1 saturated carbocycles. The van der Waals surface area contributed by atoms with E-state index in [1.807, 2.05) is 4.90 Å². The summed E-state index contributed by atoms with van der Waals surface area (Å²) in [6, 6.07) is 0.398. The molecule has 1 aliphatic carbocycles. The molecular formula is C12H22N2O. The zero-order chi connectivity index (χ0) is 10.9. The van der Waals surface area contributed by atoms with Gasteiger partial charge in [-0.3, -0.25) is 10.1 Å². The molecule has 2 fully saturated rings. The van der Waals surface area contributed by atoms with Gasteiger partial charge >= 0.3 is 0 Å². The first-order valence-electron chi connectivity index (χ1n) is 6.26. The molecule has 3 nitrogen and oxygen atoms in total. The molecule has 1 atom stereocenters. The van der Waals surface area contributed by atoms with Gasteiger partial charge in [-0.15, -0.1) is 0 Å². The molecule has 2 rings (SSSR count). The average molecular weight is 210 g/mol. The van der Waals surface area contributed by atoms with Gasteiger partial charge in [-0.25, -0.2) is 0 Å². The van der Waals surface area contributed by atoms with Crippen LogP contribution in [0.1, 0.15) is 52.4 Å². The van der Waals surface area contributed by atoms with E-state index in [9.17, 15) is 4.79 Å². The van der Waals surface area contributed by atoms with Gasteiger partial charge < -0.3 is 4.90 Å². The summed E-state index contributed by atoms with van der Waals surface area (Å²) < 4.78 is 0. The summed E-state index contributed by atoms with van der Waals surface area (Å²) in [4.78, 5) is 14.3. The van der Waals surface area contributed by atoms with E-state index in [-0.39, 0.29) is 5.54 Å². The number of carbonyl (C=O) groups excluding carboxylic acids is 1. The standard InChI is InChI=1S/C12H22N2O/c1-3-6-10(2)14-9-13-12(11(14)15)7-4-5-8-12/h10,13H,3-9H2,1-2H3. The second-order valence-electron chi connectivity index (χ2n) is 5.04. The fraction of sp³-hybridized carbons (Fsp3) is 0.917. The molecule has 86 valence electrons. The third kappa shape index (κ3) is 1.78. The summed E-state index contributed by atoms with van der Waals surface area (Å²) in [6.45, 7) is 5.10. The van der Waals surface area contributed by atoms with E-state index >= 15 is 0 Å². The lowest BCUT2D eigenvalue weighted by Crippen LogP contribution is -2.45. The SMILES string of the molecule is CCCC(C)N1CNC2(CCCC2)C1=O. The van der Waals surface area contributed by atoms with Gasteiger partial charge in [0.1, 0.15) is 0 Å². The zero-order valence-corrected chi connectivity index (χ0v) is 9.88. The molecule has 0 radical (unpaired) electrons. The highest BCUT2D eigenvalue weighted by Crippen LogP contribution is 2.35. The van der Waals surface area contributed by atoms with Crippen molar-refractivity contribution in [2.75, 3.05) is 6.67 Å². The molecule has 1 spiro atoms. The fourth-order valence-electron chi connectivity index (χ4n) is 2.96. The lowest BCUT2D eigenvalue weighted by Gasteiger charge is -2.26. The van der Waals surface area contributed by atoms with E-state index in [4.69, 9.17) is 0 Å². The van der Waals surface area contributed by atoms with Crippen LogP contribution in [0.3, 0.4) is 0 Å². The first-order chi connectivity index (χ1) is 7.19. The fourth-order valence-corrected chi connectivity index (χ4v) is 2.96. The summed E-state index contributed by atoms with van der Waals surface area (Å²) in [5.74, 6) is 0.362. The lowest BCUT2D eigenvalue weighted by molar-refractivity contribution is -0.134. The van der Waals surface area contributed by atoms with Gasteiger partial charge in [-0.2, -0.15) is 0 Å². The van der Waals surface area contributed by atoms with Crippen molar-refractivity contribution < 1.29 is 4.79 Å². The van der Waals surface area contributed by atoms with Gasteiger partial charge in [0, 0.05) is 6.04 Å². The Labute approximate surface area is 92.2 Å². The van der Waals surface area contributed by atoms with Gasteiger partial charge in [0.15, 0.2) is 0 Å². The predicted octanol–water partition coefficient (Wildman–Crippen LogP) is 1.88. The van der Waals surface area contributed by atoms with Crippen LogP contribution in [0.5, 0.6) is 0 Å². The summed E-state index contributed by atoms with van der Waals surface area (Å²) in [6.07, 6.45) is 6.76. The van der Waals surface area contributed by atoms with Crippen molar-refractivity contribution in [2.24, 2.45) is 0 Å². The van der Waals surface area contributed by atoms with E-state index < -0.39 is 0 Å². The maximum Gasteiger partial charge on any atom is 0.244 e. The van der Waals surface area contributed by atoms with Gasteiger partial charge in [0.25, 0.3) is 0 Å². The smallest absolute Gasteiger partial charge is 0.244 e. The first-order valence-corrected chi connectivity index (χ1v) is 6.26. The highest BCUT2D eigenvalue weighted by atomic mass is 16.2. The van der Waals surface area contributed by atoms with Crippen LogP contribution in [0.15, 0.2) is 0 Å². The molecule has 15 heavy (non-hydrogen) atoms. The average Bonchev–Trinajstić information content (AvgIpc) is 2.79. The molecule has 1 aliphatic heterocycles. The molecular weight excluding hydrogens is 188 g/mol. The number of hydrogen-bond donors (Lipinski definition) is 1. The lowest BCUT2D eigenvalue weighted by atomic mass is 9.97. The van der Waals surface area contributed by atoms with E-state index in [0.29, 0.717) is 11.9 Å². The van der Waals surface area contributed by atoms with Crippen LogP contribution < -0.4 is 5.32 Å². The second kappa shape index (κ2) is 4.12. The van der Waals surface area contributed by atoms with Crippen LogP contribution in [0.4, 0.5) is 0 Å². The molecule has 2 aliphatic rings. The third-order valence-electron chi connectivity index (χ3n) is 3.95. The highest BCUT2D eigenvalue weighted by molar-refractivity contribution is 5.88. The monoisotopic (exact) mass is 210 g/mol. The topological polar surface area (TPSA) is 32.3 Å². The summed E-state index contributed by atoms with van der Waals surface area (Å²) in [5.41, 5.74) is -0.165. The van der Waals surface area contributed by atoms with E-state index in [1.54, 1.807) is 0 Å². The van der Waals surface area contributed by atoms with Gasteiger partial charge in [-0.05, 0) is 26.2 Å². The Balaban J connectivity index is 2.03. The molecule has 1 amide bonds. The normalized spacial score (nSPS) is 26.5. The Kier molecular flexibility index (Phi) is 3.01. The molecule has 3 heteroatoms. The number of carbonyl (C=O) groups is 1. The number of hydrogen-bond acceptors (Lipinski definition) is 2. The number of nitrogens with one attached hydrogen (secondary N) is 1. The minimum Gasteiger partial charge on any atom is -0.326 e. The van der Waals surface area contributed by atoms with Crippen LogP contribution in [-0.4, -0.2) is 29.1 Å². The largest absolute Gasteiger partial charge is 0.326 e. The Morgan fingerprint density at radius 2 is 2.13 bits per heavy atom. The van der Waals surface area contributed by atoms with Crippen LogP contribution in [0.2, 0.25) is 0 Å². The summed E-state index contributed by atoms with van der Waals surface area (Å²) >= 11 is 0. The molecule has 1 saturated heterocycles. The third-order valence-corrected chi connectivity index (χ3v) is 3.95. The molecule has 1 unspecified atom stereocenters. The predicted molar refractivity (Wildman–Crippen MR) is 60.4 cm³/mol. The molecule has 1 N–H and O–H groups in total. The van der Waals surface area contributed by atoms with Gasteiger partial charge in [0.2, 0.25) is 5.91 Å². The van der Waals surface area contributed by atoms with Crippen molar-refractivity contribution in [3.05, 3.63) is 0 Å². The quantitative estimate of drug-likeness (QED) is 0.771. The molecule has 0 aromatic rings. The minimum absolute atomic E-state index is 0.165. The van der Waals surface area contributed by atoms with E-state index in [1.165, 1.54) is 12.8 Å². The maximum atomic E-state index is 12.3. The first kappa shape index (κ1) is 10.9. The number of nitrogens with zero attached hydrogens (tertiary/aromatic N) is 1. The van der Waals surface area contributed by atoms with Crippen molar-refractivity contribution >= 4 is 5.91 Å². The second-order valence-corrected chi connectivity index (χ2v) is 5.04. The molecule has 0 bridgehead atoms. The molecule has 0 aromatic heterocycles. The van der Waals surface area contributed by atoms with E-state index in [0.717, 1.165) is 32.4 Å². The summed E-state index contributed by atoms with van der Waals surface area (Å²) in [7, 11) is 0. The van der Waals surface area contributed by atoms with Crippen molar-refractivity contribution in [1.82, 2.24) is 10.2 Å². The Morgan fingerprint density at radius 1 is 1.47 bits per heavy atom. The van der Waals surface area contributed by atoms with Crippen LogP contribution in [-0.2, 0) is 4.79 Å². The van der Waals surface area contributed by atoms with Crippen molar-refractivity contribution in [3.63, 3.8) is 0 Å². The molecule has 0 aromatic carbocycles.